The number of fused-ring (bicyclic) bond motifs is 1. The lowest BCUT2D eigenvalue weighted by Gasteiger charge is -2.10. The second-order valence-electron chi connectivity index (χ2n) is 5.41. The van der Waals surface area contributed by atoms with Gasteiger partial charge in [-0.15, -0.1) is 0 Å². The number of aliphatic hydroxyl groups excluding tert-OH is 1. The molecule has 8 nitrogen and oxygen atoms in total. The maximum atomic E-state index is 12.0. The highest BCUT2D eigenvalue weighted by Gasteiger charge is 2.16. The molecule has 0 saturated carbocycles. The highest BCUT2D eigenvalue weighted by molar-refractivity contribution is 5.74. The van der Waals surface area contributed by atoms with Crippen molar-refractivity contribution < 1.29 is 5.11 Å². The third-order valence-corrected chi connectivity index (χ3v) is 3.34. The highest BCUT2D eigenvalue weighted by Crippen LogP contribution is 2.15. The van der Waals surface area contributed by atoms with Gasteiger partial charge in [-0.1, -0.05) is 13.8 Å². The van der Waals surface area contributed by atoms with Crippen LogP contribution in [-0.2, 0) is 13.6 Å². The van der Waals surface area contributed by atoms with Crippen LogP contribution in [-0.4, -0.2) is 37.4 Å². The van der Waals surface area contributed by atoms with Gasteiger partial charge in [0.15, 0.2) is 11.2 Å². The van der Waals surface area contributed by atoms with Crippen LogP contribution in [0.25, 0.3) is 11.2 Å². The number of anilines is 1. The molecular formula is C13H21N5O3. The number of imidazole rings is 1. The molecule has 0 aliphatic rings. The molecule has 2 rings (SSSR count). The molecule has 2 aromatic heterocycles. The lowest BCUT2D eigenvalue weighted by Crippen LogP contribution is -2.29. The largest absolute Gasteiger partial charge is 0.395 e. The molecule has 116 valence electrons. The van der Waals surface area contributed by atoms with Crippen LogP contribution in [0, 0.1) is 5.92 Å². The quantitative estimate of drug-likeness (QED) is 0.689. The summed E-state index contributed by atoms with van der Waals surface area (Å²) in [7, 11) is 1.55. The van der Waals surface area contributed by atoms with E-state index in [2.05, 4.69) is 29.1 Å². The number of nitrogens with zero attached hydrogens (tertiary/aromatic N) is 3. The van der Waals surface area contributed by atoms with Crippen LogP contribution in [0.4, 0.5) is 5.95 Å². The van der Waals surface area contributed by atoms with Crippen LogP contribution in [0.1, 0.15) is 20.3 Å². The zero-order valence-corrected chi connectivity index (χ0v) is 12.5. The van der Waals surface area contributed by atoms with Crippen molar-refractivity contribution in [3.63, 3.8) is 0 Å². The molecule has 0 radical (unpaired) electrons. The van der Waals surface area contributed by atoms with E-state index in [1.807, 2.05) is 0 Å². The fraction of sp³-hybridized carbons (Fsp3) is 0.615. The summed E-state index contributed by atoms with van der Waals surface area (Å²) in [5.74, 6) is 1.03. The van der Waals surface area contributed by atoms with Crippen molar-refractivity contribution in [1.29, 1.82) is 0 Å². The Bertz CT molecular complexity index is 741. The standard InChI is InChI=1S/C13H21N5O3/c1-8(2)4-5-14-12-15-10-9(18(12)6-7-19)11(20)16-13(21)17(10)3/h8,19H,4-7H2,1-3H3,(H,14,15)(H,16,20,21). The summed E-state index contributed by atoms with van der Waals surface area (Å²) >= 11 is 0. The summed E-state index contributed by atoms with van der Waals surface area (Å²) in [6.45, 7) is 5.06. The summed E-state index contributed by atoms with van der Waals surface area (Å²) in [6.07, 6.45) is 0.956. The van der Waals surface area contributed by atoms with Crippen molar-refractivity contribution in [1.82, 2.24) is 19.1 Å². The molecule has 0 amide bonds. The van der Waals surface area contributed by atoms with Gasteiger partial charge in [0.1, 0.15) is 0 Å². The summed E-state index contributed by atoms with van der Waals surface area (Å²) in [6, 6.07) is 0. The van der Waals surface area contributed by atoms with Crippen LogP contribution >= 0.6 is 0 Å². The van der Waals surface area contributed by atoms with E-state index in [-0.39, 0.29) is 18.7 Å². The topological polar surface area (TPSA) is 105 Å². The average Bonchev–Trinajstić information content (AvgIpc) is 2.76. The van der Waals surface area contributed by atoms with Gasteiger partial charge in [0, 0.05) is 20.1 Å². The van der Waals surface area contributed by atoms with E-state index in [4.69, 9.17) is 0 Å². The molecule has 21 heavy (non-hydrogen) atoms. The number of aryl methyl sites for hydroxylation is 1. The zero-order chi connectivity index (χ0) is 15.6. The number of hydrogen-bond acceptors (Lipinski definition) is 5. The maximum Gasteiger partial charge on any atom is 0.329 e. The van der Waals surface area contributed by atoms with Crippen molar-refractivity contribution in [2.45, 2.75) is 26.8 Å². The second kappa shape index (κ2) is 6.13. The SMILES string of the molecule is CC(C)CCNc1nc2c(c(=O)[nH]c(=O)n2C)n1CCO. The number of rotatable bonds is 6. The van der Waals surface area contributed by atoms with Gasteiger partial charge in [0.05, 0.1) is 6.61 Å². The van der Waals surface area contributed by atoms with Crippen LogP contribution in [0.3, 0.4) is 0 Å². The zero-order valence-electron chi connectivity index (χ0n) is 12.5. The van der Waals surface area contributed by atoms with Crippen LogP contribution in [0.2, 0.25) is 0 Å². The van der Waals surface area contributed by atoms with E-state index in [1.165, 1.54) is 4.57 Å². The molecular weight excluding hydrogens is 274 g/mol. The van der Waals surface area contributed by atoms with E-state index in [0.717, 1.165) is 6.42 Å². The van der Waals surface area contributed by atoms with E-state index in [9.17, 15) is 14.7 Å². The number of H-pyrrole nitrogens is 1. The third kappa shape index (κ3) is 2.99. The second-order valence-corrected chi connectivity index (χ2v) is 5.41. The Morgan fingerprint density at radius 2 is 2.10 bits per heavy atom. The maximum absolute atomic E-state index is 12.0. The normalized spacial score (nSPS) is 11.5. The van der Waals surface area contributed by atoms with Gasteiger partial charge in [0.2, 0.25) is 5.95 Å². The molecule has 0 aliphatic carbocycles. The first-order valence-electron chi connectivity index (χ1n) is 7.00. The fourth-order valence-corrected chi connectivity index (χ4v) is 2.16. The van der Waals surface area contributed by atoms with E-state index in [0.29, 0.717) is 24.1 Å². The fourth-order valence-electron chi connectivity index (χ4n) is 2.16. The summed E-state index contributed by atoms with van der Waals surface area (Å²) in [5, 5.41) is 12.4. The third-order valence-electron chi connectivity index (χ3n) is 3.34. The van der Waals surface area contributed by atoms with Gasteiger partial charge < -0.3 is 15.0 Å². The Morgan fingerprint density at radius 1 is 1.38 bits per heavy atom. The molecule has 2 aromatic rings. The molecule has 3 N–H and O–H groups in total. The Kier molecular flexibility index (Phi) is 4.46. The first-order chi connectivity index (χ1) is 9.95. The minimum Gasteiger partial charge on any atom is -0.395 e. The average molecular weight is 295 g/mol. The van der Waals surface area contributed by atoms with Crippen molar-refractivity contribution >= 4 is 17.1 Å². The minimum atomic E-state index is -0.505. The van der Waals surface area contributed by atoms with Crippen molar-refractivity contribution in [2.75, 3.05) is 18.5 Å². The van der Waals surface area contributed by atoms with E-state index in [1.54, 1.807) is 11.6 Å². The van der Waals surface area contributed by atoms with Crippen molar-refractivity contribution in [3.05, 3.63) is 20.8 Å². The van der Waals surface area contributed by atoms with E-state index < -0.39 is 11.2 Å². The monoisotopic (exact) mass is 295 g/mol. The predicted octanol–water partition coefficient (Wildman–Crippen LogP) is -0.126. The molecule has 0 saturated heterocycles. The number of aliphatic hydroxyl groups is 1. The molecule has 0 aliphatic heterocycles. The molecule has 8 heteroatoms. The molecule has 0 unspecified atom stereocenters. The highest BCUT2D eigenvalue weighted by atomic mass is 16.3. The van der Waals surface area contributed by atoms with Gasteiger partial charge in [-0.25, -0.2) is 4.79 Å². The first-order valence-corrected chi connectivity index (χ1v) is 7.00. The van der Waals surface area contributed by atoms with Crippen LogP contribution in [0.5, 0.6) is 0 Å². The number of aromatic amines is 1. The Morgan fingerprint density at radius 3 is 2.71 bits per heavy atom. The number of aromatic nitrogens is 4. The summed E-state index contributed by atoms with van der Waals surface area (Å²) in [5.41, 5.74) is -0.400. The molecule has 0 atom stereocenters. The molecule has 0 bridgehead atoms. The Labute approximate surface area is 121 Å². The number of nitrogens with one attached hydrogen (secondary N) is 2. The van der Waals surface area contributed by atoms with Gasteiger partial charge in [0.25, 0.3) is 5.56 Å². The first kappa shape index (κ1) is 15.3. The van der Waals surface area contributed by atoms with Gasteiger partial charge in [-0.2, -0.15) is 4.98 Å². The lowest BCUT2D eigenvalue weighted by molar-refractivity contribution is 0.278. The summed E-state index contributed by atoms with van der Waals surface area (Å²) < 4.78 is 2.90. The summed E-state index contributed by atoms with van der Waals surface area (Å²) in [4.78, 5) is 30.2. The molecule has 2 heterocycles. The molecule has 0 fully saturated rings. The van der Waals surface area contributed by atoms with Crippen molar-refractivity contribution in [2.24, 2.45) is 13.0 Å². The Balaban J connectivity index is 2.52. The smallest absolute Gasteiger partial charge is 0.329 e. The van der Waals surface area contributed by atoms with Crippen LogP contribution < -0.4 is 16.6 Å². The Hall–Kier alpha value is -2.09. The minimum absolute atomic E-state index is 0.118. The van der Waals surface area contributed by atoms with Crippen molar-refractivity contribution in [3.8, 4) is 0 Å². The number of hydrogen-bond donors (Lipinski definition) is 3. The molecule has 0 spiro atoms. The molecule has 0 aromatic carbocycles. The van der Waals surface area contributed by atoms with Crippen LogP contribution in [0.15, 0.2) is 9.59 Å². The van der Waals surface area contributed by atoms with E-state index >= 15 is 0 Å². The van der Waals surface area contributed by atoms with Gasteiger partial charge in [-0.3, -0.25) is 14.3 Å². The van der Waals surface area contributed by atoms with Gasteiger partial charge >= 0.3 is 5.69 Å². The van der Waals surface area contributed by atoms with Gasteiger partial charge in [-0.05, 0) is 12.3 Å². The lowest BCUT2D eigenvalue weighted by atomic mass is 10.1. The predicted molar refractivity (Wildman–Crippen MR) is 80.6 cm³/mol.